The second-order valence-corrected chi connectivity index (χ2v) is 5.47. The van der Waals surface area contributed by atoms with E-state index in [2.05, 4.69) is 4.98 Å². The van der Waals surface area contributed by atoms with Crippen LogP contribution in [0.25, 0.3) is 11.1 Å². The fourth-order valence-electron chi connectivity index (χ4n) is 1.97. The Morgan fingerprint density at radius 3 is 2.23 bits per heavy atom. The van der Waals surface area contributed by atoms with Crippen LogP contribution in [0.15, 0.2) is 24.4 Å². The molecule has 0 radical (unpaired) electrons. The molecule has 2 aromatic rings. The molecule has 0 saturated heterocycles. The van der Waals surface area contributed by atoms with Gasteiger partial charge in [-0.25, -0.2) is 0 Å². The van der Waals surface area contributed by atoms with Gasteiger partial charge >= 0.3 is 6.18 Å². The molecule has 1 aromatic heterocycles. The predicted octanol–water partition coefficient (Wildman–Crippen LogP) is 5.79. The Bertz CT molecular complexity index is 744. The normalized spacial score (nSPS) is 11.3. The Hall–Kier alpha value is -1.48. The maximum atomic E-state index is 13.2. The number of rotatable bonds is 2. The quantitative estimate of drug-likeness (QED) is 0.631. The first kappa shape index (κ1) is 16.9. The highest BCUT2D eigenvalue weighted by molar-refractivity contribution is 6.48. The van der Waals surface area contributed by atoms with E-state index in [9.17, 15) is 13.2 Å². The molecule has 0 amide bonds. The Kier molecular flexibility index (Phi) is 4.86. The van der Waals surface area contributed by atoms with Gasteiger partial charge in [0.2, 0.25) is 0 Å². The lowest BCUT2D eigenvalue weighted by atomic mass is 9.96. The van der Waals surface area contributed by atoms with Crippen LogP contribution >= 0.6 is 34.8 Å². The summed E-state index contributed by atoms with van der Waals surface area (Å²) in [5.41, 5.74) is -1.05. The first-order valence-electron chi connectivity index (χ1n) is 5.82. The molecular weight excluding hydrogens is 360 g/mol. The number of halogens is 6. The highest BCUT2D eigenvalue weighted by Gasteiger charge is 2.36. The smallest absolute Gasteiger partial charge is 0.251 e. The molecular formula is C14H6Cl3F3N2. The maximum Gasteiger partial charge on any atom is 0.433 e. The van der Waals surface area contributed by atoms with Gasteiger partial charge in [-0.2, -0.15) is 18.4 Å². The fraction of sp³-hybridized carbons (Fsp3) is 0.143. The number of nitrogens with zero attached hydrogens (tertiary/aromatic N) is 2. The van der Waals surface area contributed by atoms with Gasteiger partial charge in [-0.3, -0.25) is 4.98 Å². The van der Waals surface area contributed by atoms with E-state index >= 15 is 0 Å². The van der Waals surface area contributed by atoms with Crippen molar-refractivity contribution in [3.8, 4) is 17.2 Å². The molecule has 0 spiro atoms. The number of benzene rings is 1. The van der Waals surface area contributed by atoms with Crippen LogP contribution < -0.4 is 0 Å². The molecule has 0 unspecified atom stereocenters. The van der Waals surface area contributed by atoms with Crippen molar-refractivity contribution in [3.05, 3.63) is 50.7 Å². The van der Waals surface area contributed by atoms with Gasteiger partial charge < -0.3 is 0 Å². The zero-order valence-electron chi connectivity index (χ0n) is 10.7. The summed E-state index contributed by atoms with van der Waals surface area (Å²) in [7, 11) is 0. The molecule has 0 aliphatic carbocycles. The maximum absolute atomic E-state index is 13.2. The van der Waals surface area contributed by atoms with Gasteiger partial charge in [0.15, 0.2) is 5.69 Å². The molecule has 1 aromatic carbocycles. The first-order valence-corrected chi connectivity index (χ1v) is 6.96. The van der Waals surface area contributed by atoms with Crippen LogP contribution in [0.3, 0.4) is 0 Å². The SMILES string of the molecule is N#CCc1ccnc(C(F)(F)F)c1-c1cc(Cl)c(Cl)c(Cl)c1. The topological polar surface area (TPSA) is 36.7 Å². The second kappa shape index (κ2) is 6.33. The molecule has 8 heteroatoms. The first-order chi connectivity index (χ1) is 10.3. The number of hydrogen-bond donors (Lipinski definition) is 0. The summed E-state index contributed by atoms with van der Waals surface area (Å²) in [6.45, 7) is 0. The van der Waals surface area contributed by atoms with E-state index in [4.69, 9.17) is 40.1 Å². The lowest BCUT2D eigenvalue weighted by Crippen LogP contribution is -2.11. The van der Waals surface area contributed by atoms with Crippen molar-refractivity contribution in [2.24, 2.45) is 0 Å². The average Bonchev–Trinajstić information content (AvgIpc) is 2.43. The van der Waals surface area contributed by atoms with Crippen LogP contribution in [0.1, 0.15) is 11.3 Å². The number of hydrogen-bond acceptors (Lipinski definition) is 2. The average molecular weight is 366 g/mol. The predicted molar refractivity (Wildman–Crippen MR) is 79.0 cm³/mol. The van der Waals surface area contributed by atoms with E-state index in [0.29, 0.717) is 0 Å². The lowest BCUT2D eigenvalue weighted by Gasteiger charge is -2.16. The van der Waals surface area contributed by atoms with Gasteiger partial charge in [0.25, 0.3) is 0 Å². The Morgan fingerprint density at radius 1 is 1.14 bits per heavy atom. The highest BCUT2D eigenvalue weighted by atomic mass is 35.5. The number of pyridine rings is 1. The third-order valence-electron chi connectivity index (χ3n) is 2.85. The number of alkyl halides is 3. The van der Waals surface area contributed by atoms with Gasteiger partial charge in [0, 0.05) is 11.8 Å². The largest absolute Gasteiger partial charge is 0.433 e. The molecule has 0 aliphatic rings. The van der Waals surface area contributed by atoms with Gasteiger partial charge in [0.05, 0.1) is 27.6 Å². The van der Waals surface area contributed by atoms with Gasteiger partial charge in [-0.1, -0.05) is 34.8 Å². The third-order valence-corrected chi connectivity index (χ3v) is 4.04. The molecule has 0 saturated carbocycles. The zero-order valence-corrected chi connectivity index (χ0v) is 12.9. The highest BCUT2D eigenvalue weighted by Crippen LogP contribution is 2.41. The summed E-state index contributed by atoms with van der Waals surface area (Å²) in [4.78, 5) is 3.40. The van der Waals surface area contributed by atoms with Crippen molar-refractivity contribution in [1.29, 1.82) is 5.26 Å². The zero-order chi connectivity index (χ0) is 16.5. The standard InChI is InChI=1S/C14H6Cl3F3N2/c15-9-5-8(6-10(16)12(9)17)11-7(1-3-21)2-4-22-13(11)14(18,19)20/h2,4-6H,1H2. The van der Waals surface area contributed by atoms with Gasteiger partial charge in [-0.15, -0.1) is 0 Å². The number of aromatic nitrogens is 1. The molecule has 2 nitrogen and oxygen atoms in total. The van der Waals surface area contributed by atoms with Crippen LogP contribution in [-0.2, 0) is 12.6 Å². The molecule has 2 rings (SSSR count). The van der Waals surface area contributed by atoms with E-state index in [1.165, 1.54) is 18.2 Å². The van der Waals surface area contributed by atoms with Crippen molar-refractivity contribution >= 4 is 34.8 Å². The van der Waals surface area contributed by atoms with Gasteiger partial charge in [0.1, 0.15) is 0 Å². The molecule has 1 heterocycles. The third kappa shape index (κ3) is 3.30. The van der Waals surface area contributed by atoms with Crippen LogP contribution in [-0.4, -0.2) is 4.98 Å². The minimum Gasteiger partial charge on any atom is -0.251 e. The summed E-state index contributed by atoms with van der Waals surface area (Å²) < 4.78 is 39.6. The van der Waals surface area contributed by atoms with Crippen LogP contribution in [0.4, 0.5) is 13.2 Å². The molecule has 114 valence electrons. The van der Waals surface area contributed by atoms with E-state index in [-0.39, 0.29) is 38.2 Å². The molecule has 0 bridgehead atoms. The Morgan fingerprint density at radius 2 is 1.73 bits per heavy atom. The molecule has 0 N–H and O–H groups in total. The van der Waals surface area contributed by atoms with E-state index in [1.807, 2.05) is 6.07 Å². The summed E-state index contributed by atoms with van der Waals surface area (Å²) in [5, 5.41) is 8.90. The van der Waals surface area contributed by atoms with Crippen LogP contribution in [0.5, 0.6) is 0 Å². The molecule has 0 atom stereocenters. The minimum absolute atomic E-state index is 0.0176. The summed E-state index contributed by atoms with van der Waals surface area (Å²) >= 11 is 17.6. The van der Waals surface area contributed by atoms with Crippen molar-refractivity contribution < 1.29 is 13.2 Å². The molecule has 0 fully saturated rings. The molecule has 22 heavy (non-hydrogen) atoms. The summed E-state index contributed by atoms with van der Waals surface area (Å²) in [6, 6.07) is 5.71. The summed E-state index contributed by atoms with van der Waals surface area (Å²) in [5.74, 6) is 0. The minimum atomic E-state index is -4.68. The van der Waals surface area contributed by atoms with Crippen molar-refractivity contribution in [2.45, 2.75) is 12.6 Å². The fourth-order valence-corrected chi connectivity index (χ4v) is 2.57. The Labute approximate surface area is 139 Å². The summed E-state index contributed by atoms with van der Waals surface area (Å²) in [6.07, 6.45) is -3.88. The second-order valence-electron chi connectivity index (χ2n) is 4.28. The van der Waals surface area contributed by atoms with E-state index in [1.54, 1.807) is 0 Å². The van der Waals surface area contributed by atoms with E-state index in [0.717, 1.165) is 6.20 Å². The van der Waals surface area contributed by atoms with Crippen LogP contribution in [0.2, 0.25) is 15.1 Å². The molecule has 0 aliphatic heterocycles. The van der Waals surface area contributed by atoms with Crippen molar-refractivity contribution in [3.63, 3.8) is 0 Å². The van der Waals surface area contributed by atoms with E-state index < -0.39 is 11.9 Å². The Balaban J connectivity index is 2.80. The monoisotopic (exact) mass is 364 g/mol. The number of nitriles is 1. The van der Waals surface area contributed by atoms with Crippen LogP contribution in [0, 0.1) is 11.3 Å². The lowest BCUT2D eigenvalue weighted by molar-refractivity contribution is -0.140. The van der Waals surface area contributed by atoms with Crippen molar-refractivity contribution in [2.75, 3.05) is 0 Å². The van der Waals surface area contributed by atoms with Crippen molar-refractivity contribution in [1.82, 2.24) is 4.98 Å². The van der Waals surface area contributed by atoms with Gasteiger partial charge in [-0.05, 0) is 29.3 Å².